The van der Waals surface area contributed by atoms with Crippen LogP contribution < -0.4 is 10.6 Å². The smallest absolute Gasteiger partial charge is 0.404 e. The van der Waals surface area contributed by atoms with E-state index in [-0.39, 0.29) is 23.0 Å². The van der Waals surface area contributed by atoms with Crippen LogP contribution in [0.15, 0.2) is 36.7 Å². The maximum Gasteiger partial charge on any atom is 0.404 e. The Bertz CT molecular complexity index is 1540. The highest BCUT2D eigenvalue weighted by atomic mass is 32.1. The number of hydrogen-bond acceptors (Lipinski definition) is 9. The largest absolute Gasteiger partial charge is 0.465 e. The second-order valence-electron chi connectivity index (χ2n) is 8.92. The van der Waals surface area contributed by atoms with E-state index in [1.807, 2.05) is 32.0 Å². The van der Waals surface area contributed by atoms with Gasteiger partial charge < -0.3 is 20.6 Å². The Labute approximate surface area is 215 Å². The molecular weight excluding hydrogens is 494 g/mol. The van der Waals surface area contributed by atoms with Crippen molar-refractivity contribution in [2.75, 3.05) is 18.4 Å². The minimum atomic E-state index is -1.10. The van der Waals surface area contributed by atoms with Gasteiger partial charge in [-0.3, -0.25) is 9.78 Å². The Balaban J connectivity index is 1.44. The SMILES string of the molecule is CC(C)Nc1cc(-c2ccc3cc(C#N)cnn23)ncc1-c1nnc(C(=O)N2CC[C@@H](NC(=O)O)C2)s1. The summed E-state index contributed by atoms with van der Waals surface area (Å²) in [5.74, 6) is -0.274. The number of nitrogens with zero attached hydrogens (tertiary/aromatic N) is 7. The summed E-state index contributed by atoms with van der Waals surface area (Å²) in [7, 11) is 0. The van der Waals surface area contributed by atoms with Crippen LogP contribution in [0.2, 0.25) is 0 Å². The van der Waals surface area contributed by atoms with Gasteiger partial charge in [-0.2, -0.15) is 10.4 Å². The van der Waals surface area contributed by atoms with E-state index in [1.54, 1.807) is 21.7 Å². The lowest BCUT2D eigenvalue weighted by atomic mass is 10.1. The minimum Gasteiger partial charge on any atom is -0.465 e. The van der Waals surface area contributed by atoms with Crippen LogP contribution in [-0.2, 0) is 0 Å². The number of amides is 2. The third kappa shape index (κ3) is 4.91. The second kappa shape index (κ2) is 9.82. The Morgan fingerprint density at radius 2 is 2.08 bits per heavy atom. The number of carbonyl (C=O) groups is 2. The van der Waals surface area contributed by atoms with Crippen LogP contribution in [0, 0.1) is 11.3 Å². The molecule has 0 aromatic carbocycles. The first-order chi connectivity index (χ1) is 17.8. The summed E-state index contributed by atoms with van der Waals surface area (Å²) in [5.41, 5.74) is 4.20. The summed E-state index contributed by atoms with van der Waals surface area (Å²) >= 11 is 1.17. The molecule has 0 saturated carbocycles. The molecular formula is C24H23N9O3S. The van der Waals surface area contributed by atoms with Crippen molar-refractivity contribution in [3.63, 3.8) is 0 Å². The average molecular weight is 518 g/mol. The van der Waals surface area contributed by atoms with E-state index in [0.29, 0.717) is 41.3 Å². The third-order valence-electron chi connectivity index (χ3n) is 5.88. The molecule has 188 valence electrons. The lowest BCUT2D eigenvalue weighted by Crippen LogP contribution is -2.37. The number of anilines is 1. The molecule has 1 saturated heterocycles. The van der Waals surface area contributed by atoms with Gasteiger partial charge in [-0.1, -0.05) is 11.3 Å². The first-order valence-corrected chi connectivity index (χ1v) is 12.4. The molecule has 13 heteroatoms. The molecule has 1 fully saturated rings. The Morgan fingerprint density at radius 1 is 1.24 bits per heavy atom. The topological polar surface area (TPSA) is 161 Å². The van der Waals surface area contributed by atoms with Crippen LogP contribution >= 0.6 is 11.3 Å². The normalized spacial score (nSPS) is 15.2. The summed E-state index contributed by atoms with van der Waals surface area (Å²) in [6, 6.07) is 9.37. The number of carboxylic acid groups (broad SMARTS) is 1. The number of rotatable bonds is 6. The molecule has 1 aliphatic rings. The first-order valence-electron chi connectivity index (χ1n) is 11.6. The van der Waals surface area contributed by atoms with Gasteiger partial charge in [0.25, 0.3) is 5.91 Å². The van der Waals surface area contributed by atoms with E-state index in [1.165, 1.54) is 17.5 Å². The molecule has 0 spiro atoms. The Kier molecular flexibility index (Phi) is 6.41. The van der Waals surface area contributed by atoms with Gasteiger partial charge in [0.05, 0.1) is 40.3 Å². The van der Waals surface area contributed by atoms with Crippen LogP contribution in [0.25, 0.3) is 27.5 Å². The zero-order valence-corrected chi connectivity index (χ0v) is 20.9. The number of carbonyl (C=O) groups excluding carboxylic acids is 1. The van der Waals surface area contributed by atoms with Crippen molar-refractivity contribution in [1.29, 1.82) is 5.26 Å². The number of fused-ring (bicyclic) bond motifs is 1. The fourth-order valence-corrected chi connectivity index (χ4v) is 5.08. The molecule has 12 nitrogen and oxygen atoms in total. The number of aromatic nitrogens is 5. The number of nitriles is 1. The monoisotopic (exact) mass is 517 g/mol. The van der Waals surface area contributed by atoms with Gasteiger partial charge in [-0.15, -0.1) is 10.2 Å². The summed E-state index contributed by atoms with van der Waals surface area (Å²) in [6.45, 7) is 4.78. The van der Waals surface area contributed by atoms with Gasteiger partial charge in [0.1, 0.15) is 6.07 Å². The molecule has 3 N–H and O–H groups in total. The second-order valence-corrected chi connectivity index (χ2v) is 9.90. The van der Waals surface area contributed by atoms with E-state index in [2.05, 4.69) is 37.0 Å². The van der Waals surface area contributed by atoms with Crippen LogP contribution in [0.4, 0.5) is 10.5 Å². The van der Waals surface area contributed by atoms with Crippen LogP contribution in [0.5, 0.6) is 0 Å². The van der Waals surface area contributed by atoms with Crippen molar-refractivity contribution in [3.8, 4) is 28.0 Å². The van der Waals surface area contributed by atoms with Gasteiger partial charge >= 0.3 is 6.09 Å². The third-order valence-corrected chi connectivity index (χ3v) is 6.83. The van der Waals surface area contributed by atoms with E-state index in [0.717, 1.165) is 16.9 Å². The predicted molar refractivity (Wildman–Crippen MR) is 136 cm³/mol. The molecule has 1 atom stereocenters. The highest BCUT2D eigenvalue weighted by molar-refractivity contribution is 7.16. The van der Waals surface area contributed by atoms with Crippen LogP contribution in [-0.4, -0.2) is 72.0 Å². The molecule has 0 unspecified atom stereocenters. The lowest BCUT2D eigenvalue weighted by Gasteiger charge is -2.15. The molecule has 4 aromatic rings. The molecule has 5 rings (SSSR count). The zero-order chi connectivity index (χ0) is 26.1. The molecule has 5 heterocycles. The van der Waals surface area contributed by atoms with E-state index >= 15 is 0 Å². The summed E-state index contributed by atoms with van der Waals surface area (Å²) in [5, 5.41) is 37.4. The van der Waals surface area contributed by atoms with Gasteiger partial charge in [-0.25, -0.2) is 9.31 Å². The van der Waals surface area contributed by atoms with Gasteiger partial charge in [0.15, 0.2) is 5.01 Å². The molecule has 0 aliphatic carbocycles. The van der Waals surface area contributed by atoms with Crippen LogP contribution in [0.3, 0.4) is 0 Å². The quantitative estimate of drug-likeness (QED) is 0.349. The van der Waals surface area contributed by atoms with Gasteiger partial charge in [-0.05, 0) is 44.5 Å². The maximum atomic E-state index is 13.0. The standard InChI is InChI=1S/C24H23N9O3S/c1-13(2)28-18-8-19(20-4-3-16-7-14(9-25)10-27-33(16)20)26-11-17(18)21-30-31-22(37-21)23(34)32-6-5-15(12-32)29-24(35)36/h3-4,7-8,10-11,13,15,29H,5-6,12H2,1-2H3,(H,26,28)(H,35,36)/t15-/m1/s1. The van der Waals surface area contributed by atoms with Crippen molar-refractivity contribution >= 4 is 34.5 Å². The number of pyridine rings is 1. The average Bonchev–Trinajstić information content (AvgIpc) is 3.62. The Hall–Kier alpha value is -4.57. The summed E-state index contributed by atoms with van der Waals surface area (Å²) in [4.78, 5) is 30.1. The van der Waals surface area contributed by atoms with Crippen molar-refractivity contribution in [2.45, 2.75) is 32.4 Å². The molecule has 0 bridgehead atoms. The number of likely N-dealkylation sites (tertiary alicyclic amines) is 1. The predicted octanol–water partition coefficient (Wildman–Crippen LogP) is 3.09. The van der Waals surface area contributed by atoms with Crippen LogP contribution in [0.1, 0.15) is 35.6 Å². The minimum absolute atomic E-state index is 0.117. The highest BCUT2D eigenvalue weighted by Gasteiger charge is 2.30. The number of nitrogens with one attached hydrogen (secondary N) is 2. The van der Waals surface area contributed by atoms with E-state index in [9.17, 15) is 9.59 Å². The molecule has 0 radical (unpaired) electrons. The summed E-state index contributed by atoms with van der Waals surface area (Å²) in [6.07, 6.45) is 2.66. The lowest BCUT2D eigenvalue weighted by molar-refractivity contribution is 0.0787. The highest BCUT2D eigenvalue weighted by Crippen LogP contribution is 2.34. The van der Waals surface area contributed by atoms with Crippen molar-refractivity contribution < 1.29 is 14.7 Å². The van der Waals surface area contributed by atoms with Crippen molar-refractivity contribution in [2.24, 2.45) is 0 Å². The van der Waals surface area contributed by atoms with Crippen molar-refractivity contribution in [1.82, 2.24) is 35.0 Å². The molecule has 37 heavy (non-hydrogen) atoms. The number of hydrogen-bond donors (Lipinski definition) is 3. The maximum absolute atomic E-state index is 13.0. The summed E-state index contributed by atoms with van der Waals surface area (Å²) < 4.78 is 1.73. The molecule has 1 aliphatic heterocycles. The van der Waals surface area contributed by atoms with Gasteiger partial charge in [0, 0.05) is 31.0 Å². The Morgan fingerprint density at radius 3 is 2.84 bits per heavy atom. The zero-order valence-electron chi connectivity index (χ0n) is 20.0. The first kappa shape index (κ1) is 24.1. The molecule has 2 amide bonds. The fourth-order valence-electron chi connectivity index (χ4n) is 4.24. The van der Waals surface area contributed by atoms with Crippen molar-refractivity contribution in [3.05, 3.63) is 47.2 Å². The fraction of sp³-hybridized carbons (Fsp3) is 0.292. The van der Waals surface area contributed by atoms with E-state index in [4.69, 9.17) is 10.4 Å². The molecule has 4 aromatic heterocycles. The van der Waals surface area contributed by atoms with Gasteiger partial charge in [0.2, 0.25) is 5.01 Å². The van der Waals surface area contributed by atoms with E-state index < -0.39 is 6.09 Å².